The van der Waals surface area contributed by atoms with Crippen LogP contribution in [0.25, 0.3) is 0 Å². The van der Waals surface area contributed by atoms with Crippen molar-refractivity contribution in [1.29, 1.82) is 0 Å². The van der Waals surface area contributed by atoms with E-state index in [4.69, 9.17) is 4.55 Å². The van der Waals surface area contributed by atoms with Crippen molar-refractivity contribution >= 4 is 22.1 Å². The van der Waals surface area contributed by atoms with Crippen LogP contribution in [0.5, 0.6) is 5.75 Å². The Morgan fingerprint density at radius 3 is 2.44 bits per heavy atom. The van der Waals surface area contributed by atoms with Crippen molar-refractivity contribution in [2.75, 3.05) is 0 Å². The minimum atomic E-state index is -4.51. The molecule has 0 aliphatic rings. The Balaban J connectivity index is 3.16. The molecule has 0 unspecified atom stereocenters. The van der Waals surface area contributed by atoms with Gasteiger partial charge in [0.15, 0.2) is 0 Å². The lowest BCUT2D eigenvalue weighted by atomic mass is 10.2. The number of ether oxygens (including phenoxy) is 1. The predicted molar refractivity (Wildman–Crippen MR) is 58.6 cm³/mol. The Kier molecular flexibility index (Phi) is 4.04. The van der Waals surface area contributed by atoms with Crippen molar-refractivity contribution in [2.24, 2.45) is 0 Å². The van der Waals surface area contributed by atoms with E-state index in [9.17, 15) is 23.1 Å². The minimum absolute atomic E-state index is 0.0511. The average Bonchev–Trinajstić information content (AvgIpc) is 2.27. The van der Waals surface area contributed by atoms with Gasteiger partial charge in [0.2, 0.25) is 0 Å². The molecule has 0 aliphatic heterocycles. The van der Waals surface area contributed by atoms with Crippen LogP contribution in [0.4, 0.5) is 0 Å². The Hall–Kier alpha value is -1.93. The number of aromatic hydroxyl groups is 1. The second kappa shape index (κ2) is 5.15. The summed E-state index contributed by atoms with van der Waals surface area (Å²) in [4.78, 5) is 21.7. The molecule has 18 heavy (non-hydrogen) atoms. The van der Waals surface area contributed by atoms with Gasteiger partial charge in [0, 0.05) is 6.42 Å². The zero-order valence-electron chi connectivity index (χ0n) is 9.28. The molecule has 0 aromatic heterocycles. The van der Waals surface area contributed by atoms with Crippen molar-refractivity contribution in [3.63, 3.8) is 0 Å². The molecular formula is C10H10O7S. The number of hydrogen-bond acceptors (Lipinski definition) is 6. The molecule has 1 rings (SSSR count). The fourth-order valence-electron chi connectivity index (χ4n) is 1.07. The molecule has 0 atom stereocenters. The number of phenols is 1. The molecule has 0 heterocycles. The standard InChI is InChI=1S/C10H10O7S/c1-2-9(12)17-10(13)7-5-6(18(14,15)16)3-4-8(7)11/h3-5,11H,2H2,1H3,(H,14,15,16). The van der Waals surface area contributed by atoms with Gasteiger partial charge in [-0.05, 0) is 18.2 Å². The molecule has 7 nitrogen and oxygen atoms in total. The van der Waals surface area contributed by atoms with Crippen LogP contribution in [-0.4, -0.2) is 30.0 Å². The normalized spacial score (nSPS) is 11.0. The van der Waals surface area contributed by atoms with Crippen LogP contribution in [-0.2, 0) is 19.6 Å². The minimum Gasteiger partial charge on any atom is -0.507 e. The van der Waals surface area contributed by atoms with E-state index in [-0.39, 0.29) is 6.42 Å². The fourth-order valence-corrected chi connectivity index (χ4v) is 1.58. The summed E-state index contributed by atoms with van der Waals surface area (Å²) < 4.78 is 34.8. The molecular weight excluding hydrogens is 264 g/mol. The van der Waals surface area contributed by atoms with Crippen molar-refractivity contribution in [1.82, 2.24) is 0 Å². The lowest BCUT2D eigenvalue weighted by Crippen LogP contribution is -2.12. The summed E-state index contributed by atoms with van der Waals surface area (Å²) >= 11 is 0. The monoisotopic (exact) mass is 274 g/mol. The molecule has 0 radical (unpaired) electrons. The fraction of sp³-hybridized carbons (Fsp3) is 0.200. The molecule has 8 heteroatoms. The number of esters is 2. The first-order chi connectivity index (χ1) is 8.25. The third-order valence-electron chi connectivity index (χ3n) is 1.98. The maximum absolute atomic E-state index is 11.4. The molecule has 0 saturated carbocycles. The average molecular weight is 274 g/mol. The summed E-state index contributed by atoms with van der Waals surface area (Å²) in [6.07, 6.45) is -0.0511. The van der Waals surface area contributed by atoms with Crippen LogP contribution in [0, 0.1) is 0 Å². The Labute approximate surface area is 103 Å². The highest BCUT2D eigenvalue weighted by Crippen LogP contribution is 2.22. The van der Waals surface area contributed by atoms with Gasteiger partial charge in [-0.1, -0.05) is 6.92 Å². The van der Waals surface area contributed by atoms with Gasteiger partial charge >= 0.3 is 11.9 Å². The van der Waals surface area contributed by atoms with Gasteiger partial charge < -0.3 is 9.84 Å². The molecule has 0 fully saturated rings. The zero-order valence-corrected chi connectivity index (χ0v) is 10.1. The molecule has 0 spiro atoms. The Bertz CT molecular complexity index is 588. The SMILES string of the molecule is CCC(=O)OC(=O)c1cc(S(=O)(=O)O)ccc1O. The summed E-state index contributed by atoms with van der Waals surface area (Å²) in [5.74, 6) is -2.57. The first-order valence-electron chi connectivity index (χ1n) is 4.81. The van der Waals surface area contributed by atoms with E-state index in [0.29, 0.717) is 0 Å². The second-order valence-corrected chi connectivity index (χ2v) is 4.69. The first-order valence-corrected chi connectivity index (χ1v) is 6.25. The zero-order chi connectivity index (χ0) is 13.9. The number of benzene rings is 1. The molecule has 0 bridgehead atoms. The van der Waals surface area contributed by atoms with E-state index >= 15 is 0 Å². The van der Waals surface area contributed by atoms with Crippen LogP contribution < -0.4 is 0 Å². The van der Waals surface area contributed by atoms with Crippen molar-refractivity contribution in [3.05, 3.63) is 23.8 Å². The summed E-state index contributed by atoms with van der Waals surface area (Å²) in [7, 11) is -4.51. The largest absolute Gasteiger partial charge is 0.507 e. The molecule has 98 valence electrons. The second-order valence-electron chi connectivity index (χ2n) is 3.27. The van der Waals surface area contributed by atoms with Crippen molar-refractivity contribution in [2.45, 2.75) is 18.2 Å². The molecule has 0 amide bonds. The molecule has 1 aromatic rings. The highest BCUT2D eigenvalue weighted by Gasteiger charge is 2.19. The predicted octanol–water partition coefficient (Wildman–Crippen LogP) is 0.732. The molecule has 0 aliphatic carbocycles. The number of carbonyl (C=O) groups is 2. The summed E-state index contributed by atoms with van der Waals surface area (Å²) in [5.41, 5.74) is -0.521. The van der Waals surface area contributed by atoms with E-state index in [2.05, 4.69) is 4.74 Å². The number of phenolic OH excluding ortho intramolecular Hbond substituents is 1. The highest BCUT2D eigenvalue weighted by molar-refractivity contribution is 7.85. The van der Waals surface area contributed by atoms with Gasteiger partial charge in [-0.2, -0.15) is 8.42 Å². The van der Waals surface area contributed by atoms with E-state index in [1.165, 1.54) is 6.92 Å². The molecule has 0 saturated heterocycles. The summed E-state index contributed by atoms with van der Waals surface area (Å²) in [6.45, 7) is 1.46. The number of hydrogen-bond donors (Lipinski definition) is 2. The maximum atomic E-state index is 11.4. The molecule has 2 N–H and O–H groups in total. The van der Waals surface area contributed by atoms with Gasteiger partial charge in [-0.3, -0.25) is 9.35 Å². The van der Waals surface area contributed by atoms with Gasteiger partial charge in [0.25, 0.3) is 10.1 Å². The quantitative estimate of drug-likeness (QED) is 0.474. The maximum Gasteiger partial charge on any atom is 0.349 e. The van der Waals surface area contributed by atoms with Crippen LogP contribution in [0.3, 0.4) is 0 Å². The van der Waals surface area contributed by atoms with Crippen LogP contribution in [0.15, 0.2) is 23.1 Å². The van der Waals surface area contributed by atoms with Gasteiger partial charge in [-0.15, -0.1) is 0 Å². The lowest BCUT2D eigenvalue weighted by Gasteiger charge is -2.05. The third kappa shape index (κ3) is 3.28. The van der Waals surface area contributed by atoms with E-state index in [1.54, 1.807) is 0 Å². The van der Waals surface area contributed by atoms with Crippen LogP contribution >= 0.6 is 0 Å². The van der Waals surface area contributed by atoms with Crippen LogP contribution in [0.1, 0.15) is 23.7 Å². The topological polar surface area (TPSA) is 118 Å². The van der Waals surface area contributed by atoms with Crippen molar-refractivity contribution < 1.29 is 32.4 Å². The smallest absolute Gasteiger partial charge is 0.349 e. The van der Waals surface area contributed by atoms with E-state index < -0.39 is 38.3 Å². The number of carbonyl (C=O) groups excluding carboxylic acids is 2. The summed E-state index contributed by atoms with van der Waals surface area (Å²) in [6, 6.07) is 2.52. The third-order valence-corrected chi connectivity index (χ3v) is 2.83. The van der Waals surface area contributed by atoms with E-state index in [1.807, 2.05) is 0 Å². The number of rotatable bonds is 3. The van der Waals surface area contributed by atoms with Gasteiger partial charge in [0.05, 0.1) is 4.90 Å². The first kappa shape index (κ1) is 14.1. The van der Waals surface area contributed by atoms with Gasteiger partial charge in [0.1, 0.15) is 11.3 Å². The lowest BCUT2D eigenvalue weighted by molar-refractivity contribution is -0.137. The molecule has 1 aromatic carbocycles. The van der Waals surface area contributed by atoms with E-state index in [0.717, 1.165) is 18.2 Å². The Morgan fingerprint density at radius 1 is 1.33 bits per heavy atom. The summed E-state index contributed by atoms with van der Waals surface area (Å²) in [5, 5.41) is 9.37. The highest BCUT2D eigenvalue weighted by atomic mass is 32.2. The van der Waals surface area contributed by atoms with Gasteiger partial charge in [-0.25, -0.2) is 4.79 Å². The van der Waals surface area contributed by atoms with Crippen molar-refractivity contribution in [3.8, 4) is 5.75 Å². The van der Waals surface area contributed by atoms with Crippen LogP contribution in [0.2, 0.25) is 0 Å². The Morgan fingerprint density at radius 2 is 1.94 bits per heavy atom.